The molecule has 0 saturated carbocycles. The third-order valence-electron chi connectivity index (χ3n) is 0.626. The zero-order valence-electron chi connectivity index (χ0n) is 3.91. The van der Waals surface area contributed by atoms with Gasteiger partial charge in [0.2, 0.25) is 0 Å². The summed E-state index contributed by atoms with van der Waals surface area (Å²) in [6, 6.07) is 0. The van der Waals surface area contributed by atoms with Crippen LogP contribution in [0.2, 0.25) is 0 Å². The summed E-state index contributed by atoms with van der Waals surface area (Å²) in [6.07, 6.45) is 4.78. The van der Waals surface area contributed by atoms with Gasteiger partial charge in [-0.25, -0.2) is 9.97 Å². The molecule has 0 radical (unpaired) electrons. The first kappa shape index (κ1) is 5.85. The highest BCUT2D eigenvalue weighted by molar-refractivity contribution is 8.21. The van der Waals surface area contributed by atoms with Crippen molar-refractivity contribution in [2.24, 2.45) is 0 Å². The Kier molecular flexibility index (Phi) is 2.11. The van der Waals surface area contributed by atoms with Crippen molar-refractivity contribution in [3.05, 3.63) is 18.7 Å². The van der Waals surface area contributed by atoms with E-state index < -0.39 is 0 Å². The van der Waals surface area contributed by atoms with Gasteiger partial charge in [0.05, 0.1) is 4.90 Å². The van der Waals surface area contributed by atoms with Crippen molar-refractivity contribution >= 4 is 21.7 Å². The lowest BCUT2D eigenvalue weighted by Crippen LogP contribution is -1.73. The molecule has 0 N–H and O–H groups in total. The van der Waals surface area contributed by atoms with Gasteiger partial charge in [-0.1, -0.05) is 0 Å². The molecule has 0 aromatic carbocycles. The van der Waals surface area contributed by atoms with Crippen LogP contribution in [-0.4, -0.2) is 9.97 Å². The van der Waals surface area contributed by atoms with E-state index in [4.69, 9.17) is 10.7 Å². The summed E-state index contributed by atoms with van der Waals surface area (Å²) in [4.78, 5) is 8.35. The molecule has 0 aliphatic heterocycles. The Balaban J connectivity index is 2.83. The van der Waals surface area contributed by atoms with Gasteiger partial charge in [0.1, 0.15) is 6.33 Å². The Hall–Kier alpha value is -0.280. The lowest BCUT2D eigenvalue weighted by molar-refractivity contribution is 1.10. The Bertz CT molecular complexity index is 155. The fraction of sp³-hybridized carbons (Fsp3) is 0. The smallest absolute Gasteiger partial charge is 0.115 e. The number of hydrogen-bond acceptors (Lipinski definition) is 3. The molecule has 42 valence electrons. The molecule has 0 atom stereocenters. The quantitative estimate of drug-likeness (QED) is 0.604. The summed E-state index contributed by atoms with van der Waals surface area (Å²) in [5.74, 6) is 0. The largest absolute Gasteiger partial charge is 0.244 e. The molecule has 0 spiro atoms. The van der Waals surface area contributed by atoms with Crippen LogP contribution in [0.15, 0.2) is 23.6 Å². The summed E-state index contributed by atoms with van der Waals surface area (Å²) >= 11 is 0. The van der Waals surface area contributed by atoms with Gasteiger partial charge < -0.3 is 0 Å². The maximum Gasteiger partial charge on any atom is 0.115 e. The average molecular weight is 147 g/mol. The summed E-state index contributed by atoms with van der Waals surface area (Å²) in [7, 11) is 6.48. The Morgan fingerprint density at radius 1 is 1.38 bits per heavy atom. The van der Waals surface area contributed by atoms with Crippen LogP contribution in [0.3, 0.4) is 0 Å². The van der Waals surface area contributed by atoms with Gasteiger partial charge in [0.25, 0.3) is 0 Å². The molecule has 1 rings (SSSR count). The minimum absolute atomic E-state index is 0.870. The molecule has 0 aliphatic rings. The molecule has 1 heterocycles. The Labute approximate surface area is 55.8 Å². The topological polar surface area (TPSA) is 25.8 Å². The lowest BCUT2D eigenvalue weighted by atomic mass is 10.7. The maximum atomic E-state index is 5.36. The third kappa shape index (κ3) is 1.35. The molecule has 0 fully saturated rings. The Morgan fingerprint density at radius 2 is 2.00 bits per heavy atom. The predicted molar refractivity (Wildman–Crippen MR) is 33.7 cm³/mol. The number of hydrogen-bond donors (Lipinski definition) is 0. The van der Waals surface area contributed by atoms with E-state index >= 15 is 0 Å². The van der Waals surface area contributed by atoms with Gasteiger partial charge in [-0.15, -0.1) is 0 Å². The summed E-state index contributed by atoms with van der Waals surface area (Å²) < 4.78 is 0. The van der Waals surface area contributed by atoms with Gasteiger partial charge in [-0.3, -0.25) is 0 Å². The molecular weight excluding hydrogens is 144 g/mol. The van der Waals surface area contributed by atoms with E-state index in [1.807, 2.05) is 0 Å². The zero-order chi connectivity index (χ0) is 5.82. The molecule has 4 heteroatoms. The highest BCUT2D eigenvalue weighted by atomic mass is 35.7. The first-order valence-electron chi connectivity index (χ1n) is 1.97. The van der Waals surface area contributed by atoms with E-state index in [0.717, 1.165) is 15.9 Å². The predicted octanol–water partition coefficient (Wildman–Crippen LogP) is 1.72. The third-order valence-corrected chi connectivity index (χ3v) is 1.55. The SMILES string of the molecule is ClSc1cncnc1. The average Bonchev–Trinajstić information content (AvgIpc) is 1.90. The summed E-state index contributed by atoms with van der Waals surface area (Å²) in [6.45, 7) is 0. The number of nitrogens with zero attached hydrogens (tertiary/aromatic N) is 2. The zero-order valence-corrected chi connectivity index (χ0v) is 5.49. The van der Waals surface area contributed by atoms with Crippen LogP contribution >= 0.6 is 21.7 Å². The Morgan fingerprint density at radius 3 is 2.38 bits per heavy atom. The van der Waals surface area contributed by atoms with Crippen LogP contribution in [0.5, 0.6) is 0 Å². The molecule has 0 amide bonds. The highest BCUT2D eigenvalue weighted by Crippen LogP contribution is 2.18. The van der Waals surface area contributed by atoms with Crippen LogP contribution in [0.4, 0.5) is 0 Å². The molecule has 1 aromatic heterocycles. The fourth-order valence-electron chi connectivity index (χ4n) is 0.325. The second kappa shape index (κ2) is 2.89. The van der Waals surface area contributed by atoms with Crippen molar-refractivity contribution in [3.8, 4) is 0 Å². The number of rotatable bonds is 1. The molecular formula is C4H3ClN2S. The molecule has 1 aromatic rings. The number of halogens is 1. The molecule has 0 aliphatic carbocycles. The van der Waals surface area contributed by atoms with Gasteiger partial charge in [0.15, 0.2) is 0 Å². The van der Waals surface area contributed by atoms with Crippen LogP contribution in [-0.2, 0) is 0 Å². The van der Waals surface area contributed by atoms with Crippen LogP contribution < -0.4 is 0 Å². The monoisotopic (exact) mass is 146 g/mol. The standard InChI is InChI=1S/C4H3ClN2S/c5-8-4-1-6-3-7-2-4/h1-3H. The van der Waals surface area contributed by atoms with Crippen molar-refractivity contribution in [2.45, 2.75) is 4.90 Å². The minimum Gasteiger partial charge on any atom is -0.244 e. The highest BCUT2D eigenvalue weighted by Gasteiger charge is 1.85. The van der Waals surface area contributed by atoms with Crippen LogP contribution in [0, 0.1) is 0 Å². The van der Waals surface area contributed by atoms with Crippen LogP contribution in [0.25, 0.3) is 0 Å². The van der Waals surface area contributed by atoms with Gasteiger partial charge in [-0.05, 0) is 21.7 Å². The fourth-order valence-corrected chi connectivity index (χ4v) is 0.766. The van der Waals surface area contributed by atoms with Crippen molar-refractivity contribution in [2.75, 3.05) is 0 Å². The molecule has 0 bridgehead atoms. The van der Waals surface area contributed by atoms with Gasteiger partial charge in [0, 0.05) is 12.4 Å². The lowest BCUT2D eigenvalue weighted by Gasteiger charge is -1.85. The van der Waals surface area contributed by atoms with Crippen molar-refractivity contribution in [1.82, 2.24) is 9.97 Å². The van der Waals surface area contributed by atoms with E-state index in [1.165, 1.54) is 6.33 Å². The van der Waals surface area contributed by atoms with Crippen molar-refractivity contribution in [1.29, 1.82) is 0 Å². The van der Waals surface area contributed by atoms with E-state index in [1.54, 1.807) is 12.4 Å². The normalized spacial score (nSPS) is 9.12. The second-order valence-electron chi connectivity index (χ2n) is 1.15. The second-order valence-corrected chi connectivity index (χ2v) is 2.24. The van der Waals surface area contributed by atoms with E-state index in [0.29, 0.717) is 0 Å². The van der Waals surface area contributed by atoms with Gasteiger partial charge in [-0.2, -0.15) is 0 Å². The molecule has 0 unspecified atom stereocenters. The summed E-state index contributed by atoms with van der Waals surface area (Å²) in [5.41, 5.74) is 0. The van der Waals surface area contributed by atoms with Crippen molar-refractivity contribution in [3.63, 3.8) is 0 Å². The van der Waals surface area contributed by atoms with Crippen LogP contribution in [0.1, 0.15) is 0 Å². The summed E-state index contributed by atoms with van der Waals surface area (Å²) in [5, 5.41) is 0. The minimum atomic E-state index is 0.870. The van der Waals surface area contributed by atoms with E-state index in [2.05, 4.69) is 9.97 Å². The molecule has 0 saturated heterocycles. The number of aromatic nitrogens is 2. The van der Waals surface area contributed by atoms with E-state index in [9.17, 15) is 0 Å². The first-order valence-corrected chi connectivity index (χ1v) is 3.61. The molecule has 2 nitrogen and oxygen atoms in total. The maximum absolute atomic E-state index is 5.36. The van der Waals surface area contributed by atoms with Crippen molar-refractivity contribution < 1.29 is 0 Å². The van der Waals surface area contributed by atoms with E-state index in [-0.39, 0.29) is 0 Å². The molecule has 8 heavy (non-hydrogen) atoms. The van der Waals surface area contributed by atoms with Gasteiger partial charge >= 0.3 is 0 Å². The first-order chi connectivity index (χ1) is 3.93.